The summed E-state index contributed by atoms with van der Waals surface area (Å²) in [6.07, 6.45) is -0.574. The maximum atomic E-state index is 15.3. The molecule has 264 valence electrons. The number of hydrogen-bond donors (Lipinski definition) is 4. The van der Waals surface area contributed by atoms with Gasteiger partial charge in [-0.1, -0.05) is 54.6 Å². The van der Waals surface area contributed by atoms with Gasteiger partial charge in [0.2, 0.25) is 11.8 Å². The molecule has 3 atom stereocenters. The molecule has 1 aliphatic heterocycles. The van der Waals surface area contributed by atoms with Gasteiger partial charge < -0.3 is 30.7 Å². The fraction of sp³-hybridized carbons (Fsp3) is 0.194. The summed E-state index contributed by atoms with van der Waals surface area (Å²) in [5, 5.41) is 15.9. The van der Waals surface area contributed by atoms with Gasteiger partial charge in [0.1, 0.15) is 18.5 Å². The molecule has 15 heteroatoms. The highest BCUT2D eigenvalue weighted by molar-refractivity contribution is 7.92. The van der Waals surface area contributed by atoms with Gasteiger partial charge in [0.15, 0.2) is 9.84 Å². The largest absolute Gasteiger partial charge is 0.480 e. The Morgan fingerprint density at radius 3 is 2.22 bits per heavy atom. The number of carbonyl (C=O) groups excluding carboxylic acids is 4. The summed E-state index contributed by atoms with van der Waals surface area (Å²) in [4.78, 5) is 63.6. The minimum absolute atomic E-state index is 0.0364. The molecule has 0 bridgehead atoms. The monoisotopic (exact) mass is 716 g/mol. The summed E-state index contributed by atoms with van der Waals surface area (Å²) >= 11 is 0. The van der Waals surface area contributed by atoms with E-state index in [1.54, 1.807) is 24.3 Å². The fourth-order valence-electron chi connectivity index (χ4n) is 5.80. The van der Waals surface area contributed by atoms with E-state index >= 15 is 4.39 Å². The lowest BCUT2D eigenvalue weighted by atomic mass is 10.0. The predicted octanol–water partition coefficient (Wildman–Crippen LogP) is 4.53. The van der Waals surface area contributed by atoms with Gasteiger partial charge in [-0.15, -0.1) is 0 Å². The zero-order valence-corrected chi connectivity index (χ0v) is 27.9. The van der Waals surface area contributed by atoms with Crippen LogP contribution in [0.3, 0.4) is 0 Å². The maximum Gasteiger partial charge on any atom is 0.338 e. The van der Waals surface area contributed by atoms with Crippen LogP contribution in [0.2, 0.25) is 0 Å². The average molecular weight is 717 g/mol. The average Bonchev–Trinajstić information content (AvgIpc) is 3.52. The summed E-state index contributed by atoms with van der Waals surface area (Å²) in [5.74, 6) is -4.39. The van der Waals surface area contributed by atoms with Crippen LogP contribution in [0.5, 0.6) is 0 Å². The lowest BCUT2D eigenvalue weighted by Gasteiger charge is -2.31. The van der Waals surface area contributed by atoms with Crippen LogP contribution in [-0.4, -0.2) is 66.0 Å². The number of esters is 1. The molecule has 1 fully saturated rings. The second-order valence-corrected chi connectivity index (χ2v) is 13.8. The Bertz CT molecular complexity index is 2060. The Kier molecular flexibility index (Phi) is 11.1. The first-order valence-corrected chi connectivity index (χ1v) is 17.2. The van der Waals surface area contributed by atoms with Crippen LogP contribution in [-0.2, 0) is 35.6 Å². The SMILES string of the molecule is CC(=O)Nc1ccc(S(=O)(=O)C2CC(C(=O)O)N(C(=O)CNC(=O)Nc3cccc(C(=O)OCc4ccccc4)c3)C2c2ccccc2F)cc1. The van der Waals surface area contributed by atoms with Crippen molar-refractivity contribution < 1.29 is 46.6 Å². The van der Waals surface area contributed by atoms with Crippen LogP contribution in [0.25, 0.3) is 0 Å². The number of aliphatic carboxylic acids is 1. The first-order valence-electron chi connectivity index (χ1n) is 15.6. The Labute approximate surface area is 292 Å². The first-order chi connectivity index (χ1) is 24.3. The highest BCUT2D eigenvalue weighted by Gasteiger charge is 2.53. The highest BCUT2D eigenvalue weighted by atomic mass is 32.2. The van der Waals surface area contributed by atoms with Crippen LogP contribution in [0.4, 0.5) is 20.6 Å². The topological polar surface area (TPSA) is 188 Å². The van der Waals surface area contributed by atoms with E-state index in [0.29, 0.717) is 5.69 Å². The molecule has 0 saturated carbocycles. The van der Waals surface area contributed by atoms with E-state index in [1.807, 2.05) is 6.07 Å². The third-order valence-corrected chi connectivity index (χ3v) is 10.3. The van der Waals surface area contributed by atoms with Crippen molar-refractivity contribution in [1.29, 1.82) is 0 Å². The number of anilines is 2. The van der Waals surface area contributed by atoms with E-state index in [0.717, 1.165) is 16.5 Å². The van der Waals surface area contributed by atoms with Gasteiger partial charge in [0.25, 0.3) is 0 Å². The molecule has 0 aromatic heterocycles. The Morgan fingerprint density at radius 2 is 1.55 bits per heavy atom. The number of likely N-dealkylation sites (tertiary alicyclic amines) is 1. The van der Waals surface area contributed by atoms with E-state index in [1.165, 1.54) is 73.7 Å². The van der Waals surface area contributed by atoms with Crippen molar-refractivity contribution in [3.63, 3.8) is 0 Å². The molecule has 0 spiro atoms. The molecule has 1 saturated heterocycles. The van der Waals surface area contributed by atoms with Gasteiger partial charge in [-0.2, -0.15) is 0 Å². The van der Waals surface area contributed by atoms with Gasteiger partial charge >= 0.3 is 18.0 Å². The molecule has 1 aliphatic rings. The third kappa shape index (κ3) is 8.56. The number of carboxylic acid groups (broad SMARTS) is 1. The van der Waals surface area contributed by atoms with Gasteiger partial charge in [-0.05, 0) is 60.5 Å². The lowest BCUT2D eigenvalue weighted by molar-refractivity contribution is -0.149. The zero-order valence-electron chi connectivity index (χ0n) is 27.1. The smallest absolute Gasteiger partial charge is 0.338 e. The van der Waals surface area contributed by atoms with Crippen molar-refractivity contribution >= 4 is 51.0 Å². The molecule has 1 heterocycles. The van der Waals surface area contributed by atoms with Crippen LogP contribution in [0, 0.1) is 5.82 Å². The molecular formula is C36H33FN4O9S. The van der Waals surface area contributed by atoms with Crippen molar-refractivity contribution in [2.75, 3.05) is 17.2 Å². The second-order valence-electron chi connectivity index (χ2n) is 11.6. The molecule has 13 nitrogen and oxygen atoms in total. The summed E-state index contributed by atoms with van der Waals surface area (Å²) in [7, 11) is -4.41. The molecule has 51 heavy (non-hydrogen) atoms. The van der Waals surface area contributed by atoms with Crippen molar-refractivity contribution in [3.8, 4) is 0 Å². The number of hydrogen-bond acceptors (Lipinski definition) is 8. The van der Waals surface area contributed by atoms with E-state index in [9.17, 15) is 37.5 Å². The number of carboxylic acids is 1. The van der Waals surface area contributed by atoms with Crippen LogP contribution >= 0.6 is 0 Å². The first kappa shape index (κ1) is 36.2. The van der Waals surface area contributed by atoms with E-state index < -0.39 is 69.8 Å². The molecule has 4 N–H and O–H groups in total. The van der Waals surface area contributed by atoms with Gasteiger partial charge in [-0.25, -0.2) is 27.2 Å². The lowest BCUT2D eigenvalue weighted by Crippen LogP contribution is -2.47. The Balaban J connectivity index is 1.33. The number of urea groups is 1. The number of benzene rings is 4. The molecule has 5 rings (SSSR count). The third-order valence-electron chi connectivity index (χ3n) is 8.11. The number of sulfone groups is 1. The van der Waals surface area contributed by atoms with Gasteiger partial charge in [0, 0.05) is 23.9 Å². The van der Waals surface area contributed by atoms with Crippen LogP contribution in [0.1, 0.15) is 40.9 Å². The van der Waals surface area contributed by atoms with Crippen molar-refractivity contribution in [2.24, 2.45) is 0 Å². The van der Waals surface area contributed by atoms with Crippen molar-refractivity contribution in [1.82, 2.24) is 10.2 Å². The van der Waals surface area contributed by atoms with E-state index in [2.05, 4.69) is 16.0 Å². The molecule has 0 aliphatic carbocycles. The zero-order chi connectivity index (χ0) is 36.7. The minimum atomic E-state index is -4.41. The van der Waals surface area contributed by atoms with E-state index in [-0.39, 0.29) is 34.2 Å². The predicted molar refractivity (Wildman–Crippen MR) is 183 cm³/mol. The molecule has 4 amide bonds. The number of nitrogens with zero attached hydrogens (tertiary/aromatic N) is 1. The number of halogens is 1. The fourth-order valence-corrected chi connectivity index (χ4v) is 7.72. The summed E-state index contributed by atoms with van der Waals surface area (Å²) in [6.45, 7) is 0.537. The van der Waals surface area contributed by atoms with Crippen molar-refractivity contribution in [3.05, 3.63) is 126 Å². The highest BCUT2D eigenvalue weighted by Crippen LogP contribution is 2.43. The van der Waals surface area contributed by atoms with Crippen LogP contribution in [0.15, 0.2) is 108 Å². The summed E-state index contributed by atoms with van der Waals surface area (Å²) < 4.78 is 48.6. The molecule has 3 unspecified atom stereocenters. The van der Waals surface area contributed by atoms with Gasteiger partial charge in [0.05, 0.1) is 28.3 Å². The van der Waals surface area contributed by atoms with Crippen LogP contribution < -0.4 is 16.0 Å². The van der Waals surface area contributed by atoms with Gasteiger partial charge in [-0.3, -0.25) is 9.59 Å². The quantitative estimate of drug-likeness (QED) is 0.162. The number of nitrogens with one attached hydrogen (secondary N) is 3. The maximum absolute atomic E-state index is 15.3. The normalized spacial score (nSPS) is 16.9. The summed E-state index contributed by atoms with van der Waals surface area (Å²) in [5.41, 5.74) is 1.20. The standard InChI is InChI=1S/C36H33FN4O9S/c1-22(42)39-25-14-16-27(17-15-25)51(48,49)31-19-30(34(44)45)41(33(31)28-12-5-6-13-29(28)37)32(43)20-38-36(47)40-26-11-7-10-24(18-26)35(46)50-21-23-8-3-2-4-9-23/h2-18,30-31,33H,19-21H2,1H3,(H,39,42)(H,44,45)(H2,38,40,47). The number of rotatable bonds is 11. The second kappa shape index (κ2) is 15.6. The molecule has 0 radical (unpaired) electrons. The minimum Gasteiger partial charge on any atom is -0.480 e. The molecular weight excluding hydrogens is 683 g/mol. The number of amides is 4. The Hall–Kier alpha value is -6.09. The number of carbonyl (C=O) groups is 5. The van der Waals surface area contributed by atoms with E-state index in [4.69, 9.17) is 4.74 Å². The number of ether oxygens (including phenoxy) is 1. The molecule has 4 aromatic carbocycles. The van der Waals surface area contributed by atoms with Crippen molar-refractivity contribution in [2.45, 2.75) is 42.2 Å². The molecule has 4 aromatic rings. The summed E-state index contributed by atoms with van der Waals surface area (Å²) in [6, 6.07) is 21.0. The Morgan fingerprint density at radius 1 is 0.863 bits per heavy atom.